The number of H-pyrrole nitrogens is 1. The maximum Gasteiger partial charge on any atom is 0.264 e. The van der Waals surface area contributed by atoms with Crippen LogP contribution in [0.5, 0.6) is 5.75 Å². The lowest BCUT2D eigenvalue weighted by atomic mass is 10.2. The van der Waals surface area contributed by atoms with E-state index in [-0.39, 0.29) is 11.3 Å². The van der Waals surface area contributed by atoms with E-state index in [9.17, 15) is 9.18 Å². The second kappa shape index (κ2) is 4.82. The molecule has 0 unspecified atom stereocenters. The molecule has 88 valence electrons. The average molecular weight is 346 g/mol. The van der Waals surface area contributed by atoms with Crippen molar-refractivity contribution in [3.63, 3.8) is 0 Å². The number of nitrogens with one attached hydrogen (secondary N) is 1. The molecule has 0 saturated carbocycles. The molecule has 2 rings (SSSR count). The highest BCUT2D eigenvalue weighted by molar-refractivity contribution is 14.1. The Labute approximate surface area is 110 Å². The van der Waals surface area contributed by atoms with Crippen molar-refractivity contribution in [1.82, 2.24) is 9.97 Å². The van der Waals surface area contributed by atoms with Crippen molar-refractivity contribution < 1.29 is 9.13 Å². The normalized spacial score (nSPS) is 10.3. The van der Waals surface area contributed by atoms with Gasteiger partial charge in [-0.3, -0.25) is 4.79 Å². The van der Waals surface area contributed by atoms with E-state index < -0.39 is 5.82 Å². The van der Waals surface area contributed by atoms with E-state index >= 15 is 0 Å². The molecule has 0 bridgehead atoms. The molecule has 1 N–H and O–H groups in total. The maximum absolute atomic E-state index is 13.5. The summed E-state index contributed by atoms with van der Waals surface area (Å²) < 4.78 is 18.8. The number of halogens is 2. The molecule has 1 aromatic carbocycles. The van der Waals surface area contributed by atoms with Gasteiger partial charge in [-0.25, -0.2) is 9.37 Å². The van der Waals surface area contributed by atoms with Crippen molar-refractivity contribution in [3.05, 3.63) is 44.1 Å². The maximum atomic E-state index is 13.5. The molecule has 2 aromatic rings. The summed E-state index contributed by atoms with van der Waals surface area (Å²) in [5.41, 5.74) is 0.253. The van der Waals surface area contributed by atoms with Crippen molar-refractivity contribution in [2.75, 3.05) is 7.11 Å². The lowest BCUT2D eigenvalue weighted by Crippen LogP contribution is -2.11. The van der Waals surface area contributed by atoms with Crippen LogP contribution < -0.4 is 10.3 Å². The van der Waals surface area contributed by atoms with E-state index in [1.807, 2.05) is 22.6 Å². The molecule has 0 amide bonds. The van der Waals surface area contributed by atoms with Crippen molar-refractivity contribution in [3.8, 4) is 17.1 Å². The Kier molecular flexibility index (Phi) is 3.41. The molecule has 0 saturated heterocycles. The van der Waals surface area contributed by atoms with Gasteiger partial charge in [-0.2, -0.15) is 0 Å². The Balaban J connectivity index is 2.50. The first-order valence-corrected chi connectivity index (χ1v) is 5.78. The van der Waals surface area contributed by atoms with Gasteiger partial charge >= 0.3 is 0 Å². The van der Waals surface area contributed by atoms with Gasteiger partial charge < -0.3 is 9.72 Å². The summed E-state index contributed by atoms with van der Waals surface area (Å²) >= 11 is 1.88. The summed E-state index contributed by atoms with van der Waals surface area (Å²) in [6.45, 7) is 0. The number of hydrogen-bond acceptors (Lipinski definition) is 3. The van der Waals surface area contributed by atoms with E-state index in [0.29, 0.717) is 15.0 Å². The van der Waals surface area contributed by atoms with Crippen molar-refractivity contribution >= 4 is 22.6 Å². The number of hydrogen-bond donors (Lipinski definition) is 1. The first-order valence-electron chi connectivity index (χ1n) is 4.70. The van der Waals surface area contributed by atoms with Gasteiger partial charge in [0.2, 0.25) is 0 Å². The minimum atomic E-state index is -0.494. The third kappa shape index (κ3) is 2.46. The summed E-state index contributed by atoms with van der Waals surface area (Å²) in [5, 5.41) is 0. The SMILES string of the molecule is COc1ccc(-c2ncc(I)c(=O)[nH]2)cc1F. The number of methoxy groups -OCH3 is 1. The van der Waals surface area contributed by atoms with Crippen LogP contribution in [0.2, 0.25) is 0 Å². The molecular weight excluding hydrogens is 338 g/mol. The summed E-state index contributed by atoms with van der Waals surface area (Å²) in [4.78, 5) is 18.0. The highest BCUT2D eigenvalue weighted by Crippen LogP contribution is 2.22. The van der Waals surface area contributed by atoms with Crippen molar-refractivity contribution in [2.24, 2.45) is 0 Å². The van der Waals surface area contributed by atoms with Crippen LogP contribution in [-0.4, -0.2) is 17.1 Å². The Hall–Kier alpha value is -1.44. The lowest BCUT2D eigenvalue weighted by Gasteiger charge is -2.04. The van der Waals surface area contributed by atoms with Crippen LogP contribution in [0.15, 0.2) is 29.2 Å². The highest BCUT2D eigenvalue weighted by Gasteiger charge is 2.07. The molecule has 1 heterocycles. The number of aromatic nitrogens is 2. The van der Waals surface area contributed by atoms with E-state index in [0.717, 1.165) is 0 Å². The van der Waals surface area contributed by atoms with Crippen LogP contribution in [0.4, 0.5) is 4.39 Å². The fourth-order valence-electron chi connectivity index (χ4n) is 1.34. The first-order chi connectivity index (χ1) is 8.11. The quantitative estimate of drug-likeness (QED) is 0.849. The fourth-order valence-corrected chi connectivity index (χ4v) is 1.61. The minimum absolute atomic E-state index is 0.154. The second-order valence-electron chi connectivity index (χ2n) is 3.26. The standard InChI is InChI=1S/C11H8FIN2O2/c1-17-9-3-2-6(4-7(9)12)10-14-5-8(13)11(16)15-10/h2-5H,1H3,(H,14,15,16). The molecule has 1 aromatic heterocycles. The van der Waals surface area contributed by atoms with E-state index in [1.54, 1.807) is 6.07 Å². The van der Waals surface area contributed by atoms with E-state index in [2.05, 4.69) is 9.97 Å². The largest absolute Gasteiger partial charge is 0.494 e. The monoisotopic (exact) mass is 346 g/mol. The number of aromatic amines is 1. The highest BCUT2D eigenvalue weighted by atomic mass is 127. The molecule has 0 aliphatic rings. The third-order valence-electron chi connectivity index (χ3n) is 2.18. The van der Waals surface area contributed by atoms with Gasteiger partial charge in [-0.15, -0.1) is 0 Å². The van der Waals surface area contributed by atoms with Gasteiger partial charge in [-0.1, -0.05) is 0 Å². The molecular formula is C11H8FIN2O2. The molecule has 0 atom stereocenters. The molecule has 17 heavy (non-hydrogen) atoms. The molecule has 0 aliphatic heterocycles. The van der Waals surface area contributed by atoms with Crippen LogP contribution >= 0.6 is 22.6 Å². The average Bonchev–Trinajstić information content (AvgIpc) is 2.32. The summed E-state index contributed by atoms with van der Waals surface area (Å²) in [7, 11) is 1.39. The van der Waals surface area contributed by atoms with Crippen molar-refractivity contribution in [2.45, 2.75) is 0 Å². The van der Waals surface area contributed by atoms with Crippen LogP contribution in [0.3, 0.4) is 0 Å². The Bertz CT molecular complexity index is 613. The number of rotatable bonds is 2. The van der Waals surface area contributed by atoms with E-state index in [1.165, 1.54) is 25.4 Å². The van der Waals surface area contributed by atoms with Gasteiger partial charge in [0.1, 0.15) is 5.82 Å². The summed E-state index contributed by atoms with van der Waals surface area (Å²) in [5.74, 6) is -0.00947. The molecule has 0 spiro atoms. The smallest absolute Gasteiger partial charge is 0.264 e. The second-order valence-corrected chi connectivity index (χ2v) is 4.42. The zero-order chi connectivity index (χ0) is 12.4. The molecule has 0 fully saturated rings. The van der Waals surface area contributed by atoms with Gasteiger partial charge in [-0.05, 0) is 40.8 Å². The zero-order valence-corrected chi connectivity index (χ0v) is 11.0. The predicted molar refractivity (Wildman–Crippen MR) is 69.5 cm³/mol. The lowest BCUT2D eigenvalue weighted by molar-refractivity contribution is 0.386. The van der Waals surface area contributed by atoms with Crippen LogP contribution in [0.25, 0.3) is 11.4 Å². The first kappa shape index (κ1) is 12.0. The van der Waals surface area contributed by atoms with Crippen molar-refractivity contribution in [1.29, 1.82) is 0 Å². The number of benzene rings is 1. The Morgan fingerprint density at radius 3 is 2.82 bits per heavy atom. The van der Waals surface area contributed by atoms with Crippen LogP contribution in [0.1, 0.15) is 0 Å². The Morgan fingerprint density at radius 1 is 1.47 bits per heavy atom. The van der Waals surface area contributed by atoms with Gasteiger partial charge in [0.15, 0.2) is 11.6 Å². The molecule has 4 nitrogen and oxygen atoms in total. The summed E-state index contributed by atoms with van der Waals surface area (Å²) in [6, 6.07) is 4.39. The van der Waals surface area contributed by atoms with Gasteiger partial charge in [0.05, 0.1) is 10.7 Å². The third-order valence-corrected chi connectivity index (χ3v) is 2.95. The molecule has 6 heteroatoms. The number of nitrogens with zero attached hydrogens (tertiary/aromatic N) is 1. The van der Waals surface area contributed by atoms with Gasteiger partial charge in [0, 0.05) is 11.8 Å². The van der Waals surface area contributed by atoms with E-state index in [4.69, 9.17) is 4.74 Å². The summed E-state index contributed by atoms with van der Waals surface area (Å²) in [6.07, 6.45) is 1.44. The molecule has 0 radical (unpaired) electrons. The molecule has 0 aliphatic carbocycles. The Morgan fingerprint density at radius 2 is 2.24 bits per heavy atom. The number of ether oxygens (including phenoxy) is 1. The van der Waals surface area contributed by atoms with Gasteiger partial charge in [0.25, 0.3) is 5.56 Å². The fraction of sp³-hybridized carbons (Fsp3) is 0.0909. The predicted octanol–water partition coefficient (Wildman–Crippen LogP) is 2.19. The van der Waals surface area contributed by atoms with Crippen LogP contribution in [0, 0.1) is 9.39 Å². The van der Waals surface area contributed by atoms with Crippen LogP contribution in [-0.2, 0) is 0 Å². The zero-order valence-electron chi connectivity index (χ0n) is 8.83. The minimum Gasteiger partial charge on any atom is -0.494 e. The topological polar surface area (TPSA) is 55.0 Å².